The van der Waals surface area contributed by atoms with Crippen LogP contribution in [0.15, 0.2) is 30.3 Å². The Labute approximate surface area is 123 Å². The molecular formula is C16H18N2O3. The van der Waals surface area contributed by atoms with Crippen molar-refractivity contribution in [2.45, 2.75) is 31.7 Å². The van der Waals surface area contributed by atoms with Crippen LogP contribution in [0.5, 0.6) is 0 Å². The molecule has 0 aliphatic heterocycles. The van der Waals surface area contributed by atoms with Crippen molar-refractivity contribution >= 4 is 17.7 Å². The third kappa shape index (κ3) is 3.12. The van der Waals surface area contributed by atoms with Gasteiger partial charge in [-0.15, -0.1) is 0 Å². The van der Waals surface area contributed by atoms with Gasteiger partial charge in [0.25, 0.3) is 5.69 Å². The summed E-state index contributed by atoms with van der Waals surface area (Å²) in [5.74, 6) is 1.32. The number of benzene rings is 1. The van der Waals surface area contributed by atoms with E-state index in [9.17, 15) is 14.9 Å². The van der Waals surface area contributed by atoms with Crippen LogP contribution in [0, 0.1) is 22.0 Å². The number of carbonyl (C=O) groups is 1. The molecule has 0 saturated heterocycles. The second-order valence-corrected chi connectivity index (χ2v) is 5.98. The van der Waals surface area contributed by atoms with Crippen LogP contribution in [-0.4, -0.2) is 16.9 Å². The van der Waals surface area contributed by atoms with Crippen molar-refractivity contribution in [2.75, 3.05) is 0 Å². The number of hydrogen-bond acceptors (Lipinski definition) is 3. The van der Waals surface area contributed by atoms with Crippen LogP contribution >= 0.6 is 0 Å². The monoisotopic (exact) mass is 286 g/mol. The number of rotatable bonds is 4. The number of hydrogen-bond donors (Lipinski definition) is 1. The predicted molar refractivity (Wildman–Crippen MR) is 79.5 cm³/mol. The highest BCUT2D eigenvalue weighted by molar-refractivity contribution is 5.92. The van der Waals surface area contributed by atoms with Crippen LogP contribution in [-0.2, 0) is 4.79 Å². The smallest absolute Gasteiger partial charge is 0.270 e. The first-order chi connectivity index (χ1) is 10.1. The number of fused-ring (bicyclic) bond motifs is 2. The van der Waals surface area contributed by atoms with Crippen molar-refractivity contribution in [3.8, 4) is 0 Å². The van der Waals surface area contributed by atoms with E-state index in [2.05, 4.69) is 5.32 Å². The first-order valence-corrected chi connectivity index (χ1v) is 7.35. The normalized spacial score (nSPS) is 27.1. The lowest BCUT2D eigenvalue weighted by Crippen LogP contribution is -2.37. The number of nitro groups is 1. The molecule has 2 saturated carbocycles. The minimum Gasteiger partial charge on any atom is -0.350 e. The summed E-state index contributed by atoms with van der Waals surface area (Å²) >= 11 is 0. The summed E-state index contributed by atoms with van der Waals surface area (Å²) in [6.07, 6.45) is 7.96. The molecule has 2 aliphatic rings. The van der Waals surface area contributed by atoms with E-state index < -0.39 is 4.92 Å². The molecule has 1 aromatic carbocycles. The number of nitro benzene ring substituents is 1. The number of carbonyl (C=O) groups excluding carboxylic acids is 1. The highest BCUT2D eigenvalue weighted by Crippen LogP contribution is 2.44. The van der Waals surface area contributed by atoms with Gasteiger partial charge in [0.2, 0.25) is 5.91 Å². The molecule has 0 heterocycles. The Balaban J connectivity index is 1.59. The molecular weight excluding hydrogens is 268 g/mol. The summed E-state index contributed by atoms with van der Waals surface area (Å²) in [6, 6.07) is 6.57. The van der Waals surface area contributed by atoms with Crippen LogP contribution in [0.25, 0.3) is 6.08 Å². The Kier molecular flexibility index (Phi) is 3.73. The molecule has 1 aromatic rings. The zero-order valence-corrected chi connectivity index (χ0v) is 11.7. The van der Waals surface area contributed by atoms with Crippen LogP contribution in [0.1, 0.15) is 31.2 Å². The van der Waals surface area contributed by atoms with Crippen molar-refractivity contribution in [3.63, 3.8) is 0 Å². The van der Waals surface area contributed by atoms with E-state index in [4.69, 9.17) is 0 Å². The molecule has 110 valence electrons. The zero-order chi connectivity index (χ0) is 14.8. The fraction of sp³-hybridized carbons (Fsp3) is 0.438. The van der Waals surface area contributed by atoms with Gasteiger partial charge in [0.05, 0.1) is 4.92 Å². The van der Waals surface area contributed by atoms with Crippen LogP contribution in [0.2, 0.25) is 0 Å². The lowest BCUT2D eigenvalue weighted by molar-refractivity contribution is -0.384. The molecule has 1 N–H and O–H groups in total. The first kappa shape index (κ1) is 13.8. The summed E-state index contributed by atoms with van der Waals surface area (Å²) in [5, 5.41) is 13.8. The molecule has 2 bridgehead atoms. The summed E-state index contributed by atoms with van der Waals surface area (Å²) in [7, 11) is 0. The molecule has 2 fully saturated rings. The number of non-ortho nitro benzene ring substituents is 1. The van der Waals surface area contributed by atoms with Gasteiger partial charge in [-0.05, 0) is 42.7 Å². The molecule has 0 aromatic heterocycles. The van der Waals surface area contributed by atoms with Crippen molar-refractivity contribution in [1.82, 2.24) is 5.32 Å². The maximum absolute atomic E-state index is 11.9. The number of amides is 1. The van der Waals surface area contributed by atoms with E-state index in [0.717, 1.165) is 12.3 Å². The van der Waals surface area contributed by atoms with Crippen molar-refractivity contribution in [1.29, 1.82) is 0 Å². The molecule has 5 nitrogen and oxygen atoms in total. The Morgan fingerprint density at radius 1 is 1.33 bits per heavy atom. The van der Waals surface area contributed by atoms with E-state index in [0.29, 0.717) is 17.5 Å². The Morgan fingerprint density at radius 2 is 2.19 bits per heavy atom. The standard InChI is InChI=1S/C16H18N2O3/c19-16(17-15-10-12-4-6-13(15)8-12)7-5-11-2-1-3-14(9-11)18(20)21/h1-3,5,7,9,12-13,15H,4,6,8,10H2,(H,17,19)/b7-5+/t12-,13-,15+/m0/s1. The minimum atomic E-state index is -0.438. The summed E-state index contributed by atoms with van der Waals surface area (Å²) in [4.78, 5) is 22.2. The summed E-state index contributed by atoms with van der Waals surface area (Å²) in [5.41, 5.74) is 0.693. The van der Waals surface area contributed by atoms with Gasteiger partial charge in [0, 0.05) is 24.3 Å². The second-order valence-electron chi connectivity index (χ2n) is 5.98. The van der Waals surface area contributed by atoms with Gasteiger partial charge in [-0.2, -0.15) is 0 Å². The van der Waals surface area contributed by atoms with Gasteiger partial charge in [-0.25, -0.2) is 0 Å². The van der Waals surface area contributed by atoms with Gasteiger partial charge in [-0.1, -0.05) is 18.6 Å². The molecule has 0 spiro atoms. The summed E-state index contributed by atoms with van der Waals surface area (Å²) in [6.45, 7) is 0. The Hall–Kier alpha value is -2.17. The topological polar surface area (TPSA) is 72.2 Å². The lowest BCUT2D eigenvalue weighted by atomic mass is 9.95. The van der Waals surface area contributed by atoms with Crippen molar-refractivity contribution in [2.24, 2.45) is 11.8 Å². The molecule has 2 aliphatic carbocycles. The second kappa shape index (κ2) is 5.68. The van der Waals surface area contributed by atoms with Crippen LogP contribution in [0.3, 0.4) is 0 Å². The fourth-order valence-electron chi connectivity index (χ4n) is 3.57. The van der Waals surface area contributed by atoms with E-state index >= 15 is 0 Å². The van der Waals surface area contributed by atoms with E-state index in [1.165, 1.54) is 37.5 Å². The molecule has 3 rings (SSSR count). The minimum absolute atomic E-state index is 0.0330. The third-order valence-corrected chi connectivity index (χ3v) is 4.57. The van der Waals surface area contributed by atoms with Crippen molar-refractivity contribution < 1.29 is 9.72 Å². The van der Waals surface area contributed by atoms with Gasteiger partial charge in [-0.3, -0.25) is 14.9 Å². The molecule has 0 radical (unpaired) electrons. The quantitative estimate of drug-likeness (QED) is 0.525. The molecule has 21 heavy (non-hydrogen) atoms. The highest BCUT2D eigenvalue weighted by atomic mass is 16.6. The Morgan fingerprint density at radius 3 is 2.86 bits per heavy atom. The average molecular weight is 286 g/mol. The predicted octanol–water partition coefficient (Wildman–Crippen LogP) is 2.91. The van der Waals surface area contributed by atoms with Crippen LogP contribution in [0.4, 0.5) is 5.69 Å². The largest absolute Gasteiger partial charge is 0.350 e. The number of nitrogens with zero attached hydrogens (tertiary/aromatic N) is 1. The summed E-state index contributed by atoms with van der Waals surface area (Å²) < 4.78 is 0. The lowest BCUT2D eigenvalue weighted by Gasteiger charge is -2.22. The maximum atomic E-state index is 11.9. The third-order valence-electron chi connectivity index (χ3n) is 4.57. The van der Waals surface area contributed by atoms with Crippen molar-refractivity contribution in [3.05, 3.63) is 46.0 Å². The highest BCUT2D eigenvalue weighted by Gasteiger charge is 2.39. The molecule has 0 unspecified atom stereocenters. The molecule has 5 heteroatoms. The molecule has 3 atom stereocenters. The van der Waals surface area contributed by atoms with Gasteiger partial charge in [0.1, 0.15) is 0 Å². The zero-order valence-electron chi connectivity index (χ0n) is 11.7. The van der Waals surface area contributed by atoms with Gasteiger partial charge >= 0.3 is 0 Å². The van der Waals surface area contributed by atoms with E-state index in [-0.39, 0.29) is 11.6 Å². The average Bonchev–Trinajstić information content (AvgIpc) is 3.08. The first-order valence-electron chi connectivity index (χ1n) is 7.35. The Bertz CT molecular complexity index is 597. The van der Waals surface area contributed by atoms with E-state index in [1.54, 1.807) is 18.2 Å². The molecule has 1 amide bonds. The number of nitrogens with one attached hydrogen (secondary N) is 1. The maximum Gasteiger partial charge on any atom is 0.270 e. The SMILES string of the molecule is O=C(/C=C/c1cccc([N+](=O)[O-])c1)N[C@@H]1C[C@H]2CC[C@H]1C2. The van der Waals surface area contributed by atoms with E-state index in [1.807, 2.05) is 0 Å². The fourth-order valence-corrected chi connectivity index (χ4v) is 3.57. The van der Waals surface area contributed by atoms with Gasteiger partial charge < -0.3 is 5.32 Å². The van der Waals surface area contributed by atoms with Crippen LogP contribution < -0.4 is 5.32 Å². The van der Waals surface area contributed by atoms with Gasteiger partial charge in [0.15, 0.2) is 0 Å².